The second kappa shape index (κ2) is 6.50. The van der Waals surface area contributed by atoms with Crippen molar-refractivity contribution in [2.45, 2.75) is 39.0 Å². The molecule has 0 unspecified atom stereocenters. The Kier molecular flexibility index (Phi) is 6.53. The van der Waals surface area contributed by atoms with Crippen molar-refractivity contribution in [3.8, 4) is 0 Å². The average molecular weight is 206 g/mol. The summed E-state index contributed by atoms with van der Waals surface area (Å²) in [4.78, 5) is 0. The van der Waals surface area contributed by atoms with Gasteiger partial charge in [-0.15, -0.1) is 0 Å². The fraction of sp³-hybridized carbons (Fsp3) is 1.00. The molecule has 0 amide bonds. The molecule has 0 aliphatic heterocycles. The molecule has 4 N–H and O–H groups in total. The van der Waals surface area contributed by atoms with E-state index in [1.165, 1.54) is 0 Å². The molecule has 0 spiro atoms. The molecule has 0 bridgehead atoms. The van der Waals surface area contributed by atoms with Gasteiger partial charge >= 0.3 is 8.56 Å². The molecule has 0 aromatic heterocycles. The molecule has 4 nitrogen and oxygen atoms in total. The average Bonchev–Trinajstić information content (AvgIpc) is 2.02. The van der Waals surface area contributed by atoms with Crippen molar-refractivity contribution >= 4 is 8.56 Å². The summed E-state index contributed by atoms with van der Waals surface area (Å²) in [6, 6.07) is 0.867. The highest BCUT2D eigenvalue weighted by Crippen LogP contribution is 2.15. The van der Waals surface area contributed by atoms with Gasteiger partial charge in [0.05, 0.1) is 6.17 Å². The summed E-state index contributed by atoms with van der Waals surface area (Å²) in [7, 11) is -1.97. The van der Waals surface area contributed by atoms with Crippen LogP contribution in [0.3, 0.4) is 0 Å². The van der Waals surface area contributed by atoms with E-state index in [2.05, 4.69) is 6.55 Å². The van der Waals surface area contributed by atoms with Gasteiger partial charge in [-0.1, -0.05) is 0 Å². The van der Waals surface area contributed by atoms with E-state index in [0.717, 1.165) is 12.5 Å². The number of hydrogen-bond donors (Lipinski definition) is 2. The van der Waals surface area contributed by atoms with Gasteiger partial charge in [-0.25, -0.2) is 0 Å². The Balaban J connectivity index is 3.91. The van der Waals surface area contributed by atoms with Crippen LogP contribution in [0.5, 0.6) is 0 Å². The fourth-order valence-corrected chi connectivity index (χ4v) is 3.68. The van der Waals surface area contributed by atoms with Crippen LogP contribution in [-0.2, 0) is 8.85 Å². The summed E-state index contributed by atoms with van der Waals surface area (Å²) < 4.78 is 11.3. The minimum absolute atomic E-state index is 0.257. The Morgan fingerprint density at radius 3 is 1.92 bits per heavy atom. The molecule has 0 fully saturated rings. The van der Waals surface area contributed by atoms with Crippen molar-refractivity contribution in [2.75, 3.05) is 13.2 Å². The van der Waals surface area contributed by atoms with E-state index in [1.807, 2.05) is 13.8 Å². The Hall–Kier alpha value is 0.0569. The summed E-state index contributed by atoms with van der Waals surface area (Å²) in [6.07, 6.45) is 0.510. The highest BCUT2D eigenvalue weighted by Gasteiger charge is 2.30. The maximum Gasteiger partial charge on any atom is 0.335 e. The minimum atomic E-state index is -1.97. The first-order valence-electron chi connectivity index (χ1n) is 4.83. The topological polar surface area (TPSA) is 70.5 Å². The smallest absolute Gasteiger partial charge is 0.335 e. The Labute approximate surface area is 81.8 Å². The van der Waals surface area contributed by atoms with Crippen molar-refractivity contribution < 1.29 is 8.85 Å². The van der Waals surface area contributed by atoms with Gasteiger partial charge in [0.25, 0.3) is 0 Å². The molecule has 0 aromatic carbocycles. The molecular weight excluding hydrogens is 184 g/mol. The molecule has 0 aliphatic rings. The number of hydrogen-bond acceptors (Lipinski definition) is 4. The first-order chi connectivity index (χ1) is 6.04. The molecule has 0 atom stereocenters. The fourth-order valence-electron chi connectivity index (χ4n) is 1.23. The van der Waals surface area contributed by atoms with Crippen LogP contribution in [0.25, 0.3) is 0 Å². The van der Waals surface area contributed by atoms with E-state index in [0.29, 0.717) is 13.2 Å². The molecule has 5 heteroatoms. The SMILES string of the molecule is CCO[Si](C)(CCC(N)N)OCC. The van der Waals surface area contributed by atoms with E-state index < -0.39 is 8.56 Å². The lowest BCUT2D eigenvalue weighted by atomic mass is 10.4. The van der Waals surface area contributed by atoms with Crippen molar-refractivity contribution in [2.24, 2.45) is 11.5 Å². The summed E-state index contributed by atoms with van der Waals surface area (Å²) in [6.45, 7) is 7.41. The van der Waals surface area contributed by atoms with Crippen molar-refractivity contribution in [3.63, 3.8) is 0 Å². The molecule has 13 heavy (non-hydrogen) atoms. The number of nitrogens with two attached hydrogens (primary N) is 2. The van der Waals surface area contributed by atoms with Gasteiger partial charge in [-0.3, -0.25) is 0 Å². The predicted molar refractivity (Wildman–Crippen MR) is 56.5 cm³/mol. The molecule has 0 saturated carbocycles. The summed E-state index contributed by atoms with van der Waals surface area (Å²) in [5.41, 5.74) is 11.0. The highest BCUT2D eigenvalue weighted by atomic mass is 28.4. The lowest BCUT2D eigenvalue weighted by Crippen LogP contribution is -2.41. The molecule has 0 saturated heterocycles. The number of rotatable bonds is 7. The standard InChI is InChI=1S/C8H22N2O2Si/c1-4-11-13(3,12-5-2)7-6-8(9)10/h8H,4-7,9-10H2,1-3H3. The maximum absolute atomic E-state index is 5.63. The van der Waals surface area contributed by atoms with E-state index in [9.17, 15) is 0 Å². The maximum atomic E-state index is 5.63. The third-order valence-electron chi connectivity index (χ3n) is 1.83. The van der Waals surface area contributed by atoms with E-state index in [-0.39, 0.29) is 6.17 Å². The first-order valence-corrected chi connectivity index (χ1v) is 7.35. The molecule has 0 rings (SSSR count). The third kappa shape index (κ3) is 6.17. The normalized spacial score (nSPS) is 12.5. The van der Waals surface area contributed by atoms with Crippen LogP contribution in [0.4, 0.5) is 0 Å². The van der Waals surface area contributed by atoms with Crippen LogP contribution in [0.1, 0.15) is 20.3 Å². The Morgan fingerprint density at radius 2 is 1.62 bits per heavy atom. The van der Waals surface area contributed by atoms with Crippen LogP contribution < -0.4 is 11.5 Å². The third-order valence-corrected chi connectivity index (χ3v) is 4.83. The van der Waals surface area contributed by atoms with E-state index >= 15 is 0 Å². The van der Waals surface area contributed by atoms with Gasteiger partial charge in [0.1, 0.15) is 0 Å². The lowest BCUT2D eigenvalue weighted by molar-refractivity contribution is 0.187. The molecule has 0 aliphatic carbocycles. The van der Waals surface area contributed by atoms with E-state index in [4.69, 9.17) is 20.3 Å². The van der Waals surface area contributed by atoms with Crippen LogP contribution in [-0.4, -0.2) is 27.9 Å². The van der Waals surface area contributed by atoms with Gasteiger partial charge < -0.3 is 20.3 Å². The zero-order valence-corrected chi connectivity index (χ0v) is 9.88. The minimum Gasteiger partial charge on any atom is -0.395 e. The van der Waals surface area contributed by atoms with Crippen LogP contribution in [0.2, 0.25) is 12.6 Å². The van der Waals surface area contributed by atoms with Gasteiger partial charge in [0.2, 0.25) is 0 Å². The first kappa shape index (κ1) is 13.1. The zero-order valence-electron chi connectivity index (χ0n) is 8.88. The van der Waals surface area contributed by atoms with Crippen LogP contribution in [0, 0.1) is 0 Å². The quantitative estimate of drug-likeness (QED) is 0.477. The Morgan fingerprint density at radius 1 is 1.15 bits per heavy atom. The molecule has 80 valence electrons. The second-order valence-corrected chi connectivity index (χ2v) is 6.55. The van der Waals surface area contributed by atoms with Gasteiger partial charge in [0, 0.05) is 13.2 Å². The van der Waals surface area contributed by atoms with Crippen molar-refractivity contribution in [1.82, 2.24) is 0 Å². The van der Waals surface area contributed by atoms with Crippen LogP contribution in [0.15, 0.2) is 0 Å². The van der Waals surface area contributed by atoms with Crippen molar-refractivity contribution in [1.29, 1.82) is 0 Å². The highest BCUT2D eigenvalue weighted by molar-refractivity contribution is 6.66. The molecule has 0 aromatic rings. The lowest BCUT2D eigenvalue weighted by Gasteiger charge is -2.26. The van der Waals surface area contributed by atoms with Gasteiger partial charge in [-0.2, -0.15) is 0 Å². The predicted octanol–water partition coefficient (Wildman–Crippen LogP) is 0.765. The molecular formula is C8H22N2O2Si. The summed E-state index contributed by atoms with van der Waals surface area (Å²) in [5.74, 6) is 0. The molecule has 0 radical (unpaired) electrons. The van der Waals surface area contributed by atoms with Crippen molar-refractivity contribution in [3.05, 3.63) is 0 Å². The van der Waals surface area contributed by atoms with Crippen LogP contribution >= 0.6 is 0 Å². The van der Waals surface area contributed by atoms with Gasteiger partial charge in [0.15, 0.2) is 0 Å². The zero-order chi connectivity index (χ0) is 10.3. The largest absolute Gasteiger partial charge is 0.395 e. The summed E-state index contributed by atoms with van der Waals surface area (Å²) >= 11 is 0. The monoisotopic (exact) mass is 206 g/mol. The van der Waals surface area contributed by atoms with E-state index in [1.54, 1.807) is 0 Å². The van der Waals surface area contributed by atoms with Gasteiger partial charge in [-0.05, 0) is 32.9 Å². The second-order valence-electron chi connectivity index (χ2n) is 3.20. The summed E-state index contributed by atoms with van der Waals surface area (Å²) in [5, 5.41) is 0. The Bertz CT molecular complexity index is 127. The molecule has 0 heterocycles.